The lowest BCUT2D eigenvalue weighted by atomic mass is 9.83. The molecule has 1 aliphatic carbocycles. The Balaban J connectivity index is 1.83. The lowest BCUT2D eigenvalue weighted by Crippen LogP contribution is -2.36. The van der Waals surface area contributed by atoms with Crippen LogP contribution >= 0.6 is 0 Å². The monoisotopic (exact) mass is 352 g/mol. The van der Waals surface area contributed by atoms with Crippen LogP contribution in [0.15, 0.2) is 42.5 Å². The first-order chi connectivity index (χ1) is 12.6. The molecular formula is C21H24N2O3. The molecule has 3 rings (SSSR count). The number of carbonyl (C=O) groups excluding carboxylic acids is 2. The van der Waals surface area contributed by atoms with Crippen LogP contribution in [0.4, 0.5) is 5.69 Å². The zero-order valence-corrected chi connectivity index (χ0v) is 15.2. The molecule has 0 aromatic heterocycles. The Morgan fingerprint density at radius 1 is 0.923 bits per heavy atom. The lowest BCUT2D eigenvalue weighted by molar-refractivity contribution is 0.0979. The maximum atomic E-state index is 12.9. The van der Waals surface area contributed by atoms with E-state index in [4.69, 9.17) is 0 Å². The molecule has 0 aliphatic heterocycles. The van der Waals surface area contributed by atoms with Crippen LogP contribution in [0.5, 0.6) is 0 Å². The summed E-state index contributed by atoms with van der Waals surface area (Å²) in [4.78, 5) is 27.8. The molecule has 0 heterocycles. The van der Waals surface area contributed by atoms with Gasteiger partial charge in [0, 0.05) is 35.5 Å². The molecule has 2 aromatic carbocycles. The number of aliphatic hydroxyl groups is 1. The van der Waals surface area contributed by atoms with Crippen molar-refractivity contribution in [2.45, 2.75) is 20.0 Å². The number of fused-ring (bicyclic) bond motifs is 2. The predicted molar refractivity (Wildman–Crippen MR) is 102 cm³/mol. The van der Waals surface area contributed by atoms with Crippen molar-refractivity contribution in [3.63, 3.8) is 0 Å². The van der Waals surface area contributed by atoms with Crippen LogP contribution in [0.2, 0.25) is 0 Å². The number of hydrogen-bond acceptors (Lipinski definition) is 5. The number of hydrogen-bond donors (Lipinski definition) is 2. The molecule has 136 valence electrons. The minimum Gasteiger partial charge on any atom is -0.390 e. The largest absolute Gasteiger partial charge is 0.390 e. The molecular weight excluding hydrogens is 328 g/mol. The van der Waals surface area contributed by atoms with E-state index in [0.29, 0.717) is 41.0 Å². The zero-order chi connectivity index (χ0) is 18.7. The summed E-state index contributed by atoms with van der Waals surface area (Å²) in [6.45, 7) is 6.73. The quantitative estimate of drug-likeness (QED) is 0.684. The van der Waals surface area contributed by atoms with Gasteiger partial charge in [-0.15, -0.1) is 0 Å². The van der Waals surface area contributed by atoms with E-state index in [2.05, 4.69) is 24.1 Å². The molecule has 0 saturated carbocycles. The first-order valence-electron chi connectivity index (χ1n) is 9.02. The molecule has 0 radical (unpaired) electrons. The van der Waals surface area contributed by atoms with Gasteiger partial charge in [0.05, 0.1) is 11.7 Å². The van der Waals surface area contributed by atoms with Gasteiger partial charge >= 0.3 is 0 Å². The number of anilines is 1. The SMILES string of the molecule is CCN(CC)CC(O)CNc1cccc2c1C(=O)c1ccccc1C2=O. The molecule has 1 aliphatic rings. The Hall–Kier alpha value is -2.50. The van der Waals surface area contributed by atoms with Crippen molar-refractivity contribution in [1.82, 2.24) is 4.90 Å². The van der Waals surface area contributed by atoms with Crippen molar-refractivity contribution in [2.24, 2.45) is 0 Å². The Bertz CT molecular complexity index is 828. The van der Waals surface area contributed by atoms with Gasteiger partial charge < -0.3 is 15.3 Å². The molecule has 0 bridgehead atoms. The number of nitrogens with one attached hydrogen (secondary N) is 1. The van der Waals surface area contributed by atoms with Gasteiger partial charge in [0.25, 0.3) is 0 Å². The molecule has 1 unspecified atom stereocenters. The number of likely N-dealkylation sites (N-methyl/N-ethyl adjacent to an activating group) is 1. The molecule has 0 spiro atoms. The predicted octanol–water partition coefficient (Wildman–Crippen LogP) is 2.58. The standard InChI is InChI=1S/C21H24N2O3/c1-3-23(4-2)13-14(24)12-22-18-11-7-10-17-19(18)21(26)16-9-6-5-8-15(16)20(17)25/h5-11,14,22,24H,3-4,12-13H2,1-2H3. The lowest BCUT2D eigenvalue weighted by Gasteiger charge is -2.24. The fourth-order valence-corrected chi connectivity index (χ4v) is 3.36. The van der Waals surface area contributed by atoms with Crippen LogP contribution in [0.1, 0.15) is 45.7 Å². The summed E-state index contributed by atoms with van der Waals surface area (Å²) in [6.07, 6.45) is -0.563. The van der Waals surface area contributed by atoms with E-state index >= 15 is 0 Å². The minimum absolute atomic E-state index is 0.137. The van der Waals surface area contributed by atoms with E-state index in [1.165, 1.54) is 0 Å². The second kappa shape index (κ2) is 7.81. The van der Waals surface area contributed by atoms with Crippen molar-refractivity contribution < 1.29 is 14.7 Å². The topological polar surface area (TPSA) is 69.6 Å². The van der Waals surface area contributed by atoms with Crippen molar-refractivity contribution in [1.29, 1.82) is 0 Å². The van der Waals surface area contributed by atoms with E-state index in [1.54, 1.807) is 42.5 Å². The third-order valence-corrected chi connectivity index (χ3v) is 4.84. The Kier molecular flexibility index (Phi) is 5.49. The van der Waals surface area contributed by atoms with E-state index < -0.39 is 6.10 Å². The summed E-state index contributed by atoms with van der Waals surface area (Å²) >= 11 is 0. The van der Waals surface area contributed by atoms with E-state index in [1.807, 2.05) is 0 Å². The first kappa shape index (κ1) is 18.3. The van der Waals surface area contributed by atoms with E-state index in [0.717, 1.165) is 13.1 Å². The maximum Gasteiger partial charge on any atom is 0.196 e. The smallest absolute Gasteiger partial charge is 0.196 e. The summed E-state index contributed by atoms with van der Waals surface area (Å²) in [7, 11) is 0. The van der Waals surface area contributed by atoms with Crippen LogP contribution in [0.25, 0.3) is 0 Å². The summed E-state index contributed by atoms with van der Waals surface area (Å²) in [5, 5.41) is 13.4. The van der Waals surface area contributed by atoms with Gasteiger partial charge in [0.2, 0.25) is 0 Å². The van der Waals surface area contributed by atoms with Crippen molar-refractivity contribution >= 4 is 17.3 Å². The van der Waals surface area contributed by atoms with Gasteiger partial charge in [0.1, 0.15) is 0 Å². The highest BCUT2D eigenvalue weighted by atomic mass is 16.3. The second-order valence-corrected chi connectivity index (χ2v) is 6.45. The van der Waals surface area contributed by atoms with Crippen LogP contribution in [0, 0.1) is 0 Å². The normalized spacial score (nSPS) is 14.2. The molecule has 2 N–H and O–H groups in total. The third kappa shape index (κ3) is 3.41. The highest BCUT2D eigenvalue weighted by Gasteiger charge is 2.31. The van der Waals surface area contributed by atoms with Gasteiger partial charge in [-0.25, -0.2) is 0 Å². The van der Waals surface area contributed by atoms with Crippen LogP contribution < -0.4 is 5.32 Å². The molecule has 26 heavy (non-hydrogen) atoms. The third-order valence-electron chi connectivity index (χ3n) is 4.84. The Morgan fingerprint density at radius 3 is 2.19 bits per heavy atom. The summed E-state index contributed by atoms with van der Waals surface area (Å²) in [5.74, 6) is -0.293. The molecule has 1 atom stereocenters. The zero-order valence-electron chi connectivity index (χ0n) is 15.2. The average Bonchev–Trinajstić information content (AvgIpc) is 2.68. The maximum absolute atomic E-state index is 12.9. The number of ketones is 2. The molecule has 0 fully saturated rings. The van der Waals surface area contributed by atoms with Crippen molar-refractivity contribution in [3.05, 3.63) is 64.7 Å². The molecule has 5 heteroatoms. The van der Waals surface area contributed by atoms with Crippen molar-refractivity contribution in [2.75, 3.05) is 31.5 Å². The Morgan fingerprint density at radius 2 is 1.54 bits per heavy atom. The van der Waals surface area contributed by atoms with Gasteiger partial charge in [-0.1, -0.05) is 50.2 Å². The fraction of sp³-hybridized carbons (Fsp3) is 0.333. The number of aliphatic hydroxyl groups excluding tert-OH is 1. The number of nitrogens with zero attached hydrogens (tertiary/aromatic N) is 1. The van der Waals surface area contributed by atoms with Gasteiger partial charge in [-0.05, 0) is 19.2 Å². The second-order valence-electron chi connectivity index (χ2n) is 6.45. The molecule has 0 saturated heterocycles. The van der Waals surface area contributed by atoms with E-state index in [9.17, 15) is 14.7 Å². The molecule has 0 amide bonds. The number of benzene rings is 2. The highest BCUT2D eigenvalue weighted by Crippen LogP contribution is 2.31. The van der Waals surface area contributed by atoms with Gasteiger partial charge in [-0.2, -0.15) is 0 Å². The van der Waals surface area contributed by atoms with Crippen LogP contribution in [-0.2, 0) is 0 Å². The summed E-state index contributed by atoms with van der Waals surface area (Å²) < 4.78 is 0. The Labute approximate surface area is 153 Å². The van der Waals surface area contributed by atoms with Gasteiger partial charge in [-0.3, -0.25) is 9.59 Å². The van der Waals surface area contributed by atoms with Gasteiger partial charge in [0.15, 0.2) is 11.6 Å². The number of rotatable bonds is 7. The molecule has 5 nitrogen and oxygen atoms in total. The minimum atomic E-state index is -0.563. The summed E-state index contributed by atoms with van der Waals surface area (Å²) in [6, 6.07) is 12.1. The molecule has 2 aromatic rings. The highest BCUT2D eigenvalue weighted by molar-refractivity contribution is 6.30. The first-order valence-corrected chi connectivity index (χ1v) is 9.02. The number of carbonyl (C=O) groups is 2. The average molecular weight is 352 g/mol. The summed E-state index contributed by atoms with van der Waals surface area (Å²) in [5.41, 5.74) is 2.28. The van der Waals surface area contributed by atoms with E-state index in [-0.39, 0.29) is 11.6 Å². The van der Waals surface area contributed by atoms with Crippen molar-refractivity contribution in [3.8, 4) is 0 Å². The fourth-order valence-electron chi connectivity index (χ4n) is 3.36. The van der Waals surface area contributed by atoms with Crippen LogP contribution in [-0.4, -0.2) is 53.9 Å². The van der Waals surface area contributed by atoms with Crippen LogP contribution in [0.3, 0.4) is 0 Å².